The van der Waals surface area contributed by atoms with Gasteiger partial charge in [0, 0.05) is 6.42 Å². The molecule has 0 aliphatic rings. The topological polar surface area (TPSA) is 132 Å². The molecule has 5 aromatic rings. The highest BCUT2D eigenvalue weighted by atomic mass is 16.6. The molecule has 0 aliphatic heterocycles. The normalized spacial score (nSPS) is 12.3. The van der Waals surface area contributed by atoms with Crippen LogP contribution in [-0.4, -0.2) is 61.4 Å². The third-order valence-corrected chi connectivity index (χ3v) is 7.53. The first-order valence-corrected chi connectivity index (χ1v) is 16.1. The largest absolute Gasteiger partial charge is 0.458 e. The minimum atomic E-state index is -1.40. The Balaban J connectivity index is 1.47. The molecule has 0 spiro atoms. The number of esters is 5. The lowest BCUT2D eigenvalue weighted by Crippen LogP contribution is -2.43. The lowest BCUT2D eigenvalue weighted by molar-refractivity contribution is -0.0771. The Kier molecular flexibility index (Phi) is 12.8. The van der Waals surface area contributed by atoms with Crippen molar-refractivity contribution in [1.82, 2.24) is 0 Å². The molecule has 10 heteroatoms. The van der Waals surface area contributed by atoms with E-state index in [0.717, 1.165) is 0 Å². The molecule has 0 aliphatic carbocycles. The van der Waals surface area contributed by atoms with Gasteiger partial charge in [-0.2, -0.15) is 0 Å². The van der Waals surface area contributed by atoms with E-state index in [1.165, 1.54) is 24.3 Å². The van der Waals surface area contributed by atoms with Crippen molar-refractivity contribution in [1.29, 1.82) is 0 Å². The Morgan fingerprint density at radius 2 is 0.647 bits per heavy atom. The molecule has 0 radical (unpaired) electrons. The van der Waals surface area contributed by atoms with Crippen molar-refractivity contribution in [3.05, 3.63) is 179 Å². The van der Waals surface area contributed by atoms with Crippen LogP contribution in [0.4, 0.5) is 0 Å². The highest BCUT2D eigenvalue weighted by molar-refractivity contribution is 5.92. The fourth-order valence-electron chi connectivity index (χ4n) is 4.90. The number of ether oxygens (including phenoxy) is 5. The van der Waals surface area contributed by atoms with Crippen molar-refractivity contribution in [2.75, 3.05) is 13.2 Å². The molecule has 5 rings (SSSR count). The van der Waals surface area contributed by atoms with Crippen LogP contribution in [0.5, 0.6) is 0 Å². The third kappa shape index (κ3) is 10.7. The van der Waals surface area contributed by atoms with E-state index >= 15 is 0 Å². The second kappa shape index (κ2) is 18.3. The summed E-state index contributed by atoms with van der Waals surface area (Å²) in [6, 6.07) is 40.7. The molecule has 0 saturated carbocycles. The van der Waals surface area contributed by atoms with Crippen molar-refractivity contribution >= 4 is 29.8 Å². The van der Waals surface area contributed by atoms with Crippen LogP contribution in [-0.2, 0) is 23.7 Å². The van der Waals surface area contributed by atoms with E-state index in [1.54, 1.807) is 127 Å². The summed E-state index contributed by atoms with van der Waals surface area (Å²) >= 11 is 0. The molecule has 0 saturated heterocycles. The Morgan fingerprint density at radius 3 is 1.02 bits per heavy atom. The summed E-state index contributed by atoms with van der Waals surface area (Å²) in [5.41, 5.74) is 1.10. The summed E-state index contributed by atoms with van der Waals surface area (Å²) in [5, 5.41) is 0. The first kappa shape index (κ1) is 35.7. The number of hydrogen-bond donors (Lipinski definition) is 0. The van der Waals surface area contributed by atoms with E-state index < -0.39 is 61.4 Å². The first-order chi connectivity index (χ1) is 24.9. The second-order valence-electron chi connectivity index (χ2n) is 11.2. The molecule has 51 heavy (non-hydrogen) atoms. The van der Waals surface area contributed by atoms with E-state index in [4.69, 9.17) is 23.7 Å². The van der Waals surface area contributed by atoms with Gasteiger partial charge in [0.2, 0.25) is 0 Å². The first-order valence-electron chi connectivity index (χ1n) is 16.1. The zero-order valence-corrected chi connectivity index (χ0v) is 27.4. The molecule has 5 aromatic carbocycles. The van der Waals surface area contributed by atoms with Crippen LogP contribution in [0, 0.1) is 0 Å². The van der Waals surface area contributed by atoms with Crippen molar-refractivity contribution in [2.45, 2.75) is 24.7 Å². The van der Waals surface area contributed by atoms with Crippen molar-refractivity contribution in [2.24, 2.45) is 0 Å². The van der Waals surface area contributed by atoms with Crippen LogP contribution >= 0.6 is 0 Å². The highest BCUT2D eigenvalue weighted by Crippen LogP contribution is 2.21. The van der Waals surface area contributed by atoms with Crippen LogP contribution in [0.25, 0.3) is 0 Å². The predicted molar refractivity (Wildman–Crippen MR) is 185 cm³/mol. The van der Waals surface area contributed by atoms with Gasteiger partial charge in [-0.15, -0.1) is 0 Å². The lowest BCUT2D eigenvalue weighted by atomic mass is 10.1. The quantitative estimate of drug-likeness (QED) is 0.0859. The van der Waals surface area contributed by atoms with Crippen molar-refractivity contribution in [3.63, 3.8) is 0 Å². The number of benzene rings is 5. The van der Waals surface area contributed by atoms with Crippen LogP contribution < -0.4 is 0 Å². The van der Waals surface area contributed by atoms with E-state index in [1.807, 2.05) is 0 Å². The third-order valence-electron chi connectivity index (χ3n) is 7.53. The molecule has 258 valence electrons. The fourth-order valence-corrected chi connectivity index (χ4v) is 4.90. The van der Waals surface area contributed by atoms with Gasteiger partial charge in [0.15, 0.2) is 6.10 Å². The van der Waals surface area contributed by atoms with Gasteiger partial charge in [-0.3, -0.25) is 0 Å². The zero-order valence-electron chi connectivity index (χ0n) is 27.4. The van der Waals surface area contributed by atoms with Gasteiger partial charge in [-0.05, 0) is 60.7 Å². The molecular weight excluding hydrogens is 652 g/mol. The van der Waals surface area contributed by atoms with E-state index in [-0.39, 0.29) is 34.2 Å². The highest BCUT2D eigenvalue weighted by Gasteiger charge is 2.35. The average Bonchev–Trinajstić information content (AvgIpc) is 3.19. The molecule has 10 nitrogen and oxygen atoms in total. The molecule has 0 aromatic heterocycles. The summed E-state index contributed by atoms with van der Waals surface area (Å²) in [6.45, 7) is -0.989. The number of hydrogen-bond acceptors (Lipinski definition) is 10. The monoisotopic (exact) mass is 686 g/mol. The fraction of sp³-hybridized carbons (Fsp3) is 0.146. The number of carbonyl (C=O) groups is 5. The molecule has 0 N–H and O–H groups in total. The number of rotatable bonds is 15. The Labute approximate surface area is 294 Å². The second-order valence-corrected chi connectivity index (χ2v) is 11.2. The molecule has 0 fully saturated rings. The molecule has 3 atom stereocenters. The van der Waals surface area contributed by atoms with Gasteiger partial charge in [-0.1, -0.05) is 91.0 Å². The van der Waals surface area contributed by atoms with Crippen LogP contribution in [0.2, 0.25) is 0 Å². The number of carbonyl (C=O) groups excluding carboxylic acids is 5. The summed E-state index contributed by atoms with van der Waals surface area (Å²) in [7, 11) is 0. The van der Waals surface area contributed by atoms with Gasteiger partial charge in [-0.25, -0.2) is 24.0 Å². The van der Waals surface area contributed by atoms with Gasteiger partial charge in [0.05, 0.1) is 27.8 Å². The maximum Gasteiger partial charge on any atom is 0.338 e. The summed E-state index contributed by atoms with van der Waals surface area (Å²) < 4.78 is 28.8. The zero-order chi connectivity index (χ0) is 35.8. The van der Waals surface area contributed by atoms with Crippen LogP contribution in [0.15, 0.2) is 152 Å². The minimum Gasteiger partial charge on any atom is -0.458 e. The van der Waals surface area contributed by atoms with Gasteiger partial charge >= 0.3 is 29.8 Å². The maximum absolute atomic E-state index is 13.5. The van der Waals surface area contributed by atoms with Gasteiger partial charge in [0.25, 0.3) is 0 Å². The summed E-state index contributed by atoms with van der Waals surface area (Å²) in [4.78, 5) is 66.1. The van der Waals surface area contributed by atoms with Gasteiger partial charge in [0.1, 0.15) is 25.4 Å². The predicted octanol–water partition coefficient (Wildman–Crippen LogP) is 6.77. The van der Waals surface area contributed by atoms with E-state index in [2.05, 4.69) is 0 Å². The average molecular weight is 687 g/mol. The summed E-state index contributed by atoms with van der Waals surface area (Å²) in [6.07, 6.45) is -4.32. The van der Waals surface area contributed by atoms with Crippen molar-refractivity contribution in [3.8, 4) is 0 Å². The Hall–Kier alpha value is -6.55. The van der Waals surface area contributed by atoms with Crippen LogP contribution in [0.3, 0.4) is 0 Å². The lowest BCUT2D eigenvalue weighted by Gasteiger charge is -2.29. The molecular formula is C41H34O10. The van der Waals surface area contributed by atoms with Crippen LogP contribution in [0.1, 0.15) is 58.2 Å². The summed E-state index contributed by atoms with van der Waals surface area (Å²) in [5.74, 6) is -3.71. The standard InChI is InChI=1S/C41H34O10/c42-37(29-16-6-1-7-17-29)47-27-34(49-39(44)31-20-10-3-11-21-31)26-35(50-40(45)32-22-12-4-13-23-32)36(51-41(46)33-24-14-5-15-25-33)28-48-38(43)30-18-8-2-9-19-30/h1-25,34-36H,26-28H2. The molecule has 0 heterocycles. The Morgan fingerprint density at radius 1 is 0.353 bits per heavy atom. The van der Waals surface area contributed by atoms with E-state index in [0.29, 0.717) is 0 Å². The molecule has 0 bridgehead atoms. The van der Waals surface area contributed by atoms with Crippen molar-refractivity contribution < 1.29 is 47.7 Å². The Bertz CT molecular complexity index is 1880. The van der Waals surface area contributed by atoms with E-state index in [9.17, 15) is 24.0 Å². The molecule has 0 amide bonds. The maximum atomic E-state index is 13.5. The smallest absolute Gasteiger partial charge is 0.338 e. The molecule has 3 unspecified atom stereocenters. The minimum absolute atomic E-state index is 0.185. The van der Waals surface area contributed by atoms with Gasteiger partial charge < -0.3 is 23.7 Å². The SMILES string of the molecule is O=C(OCC(CC(OC(=O)c1ccccc1)C(COC(=O)c1ccccc1)OC(=O)c1ccccc1)OC(=O)c1ccccc1)c1ccccc1.